The van der Waals surface area contributed by atoms with Gasteiger partial charge in [-0.25, -0.2) is 0 Å². The molecule has 2 heterocycles. The summed E-state index contributed by atoms with van der Waals surface area (Å²) in [6, 6.07) is 46.0. The molecular weight excluding hydrogens is 436 g/mol. The molecule has 0 radical (unpaired) electrons. The summed E-state index contributed by atoms with van der Waals surface area (Å²) >= 11 is 0. The van der Waals surface area contributed by atoms with Crippen LogP contribution in [-0.4, -0.2) is 4.57 Å². The van der Waals surface area contributed by atoms with Crippen LogP contribution < -0.4 is 5.32 Å². The second-order valence-electron chi connectivity index (χ2n) is 9.48. The number of hydrogen-bond donors (Lipinski definition) is 1. The molecule has 1 aliphatic rings. The van der Waals surface area contributed by atoms with Crippen molar-refractivity contribution >= 4 is 44.0 Å². The second-order valence-corrected chi connectivity index (χ2v) is 9.48. The van der Waals surface area contributed by atoms with E-state index in [0.29, 0.717) is 0 Å². The summed E-state index contributed by atoms with van der Waals surface area (Å²) in [4.78, 5) is 0. The van der Waals surface area contributed by atoms with Crippen LogP contribution in [0.1, 0.15) is 0 Å². The van der Waals surface area contributed by atoms with Gasteiger partial charge in [0.2, 0.25) is 0 Å². The van der Waals surface area contributed by atoms with Gasteiger partial charge in [-0.1, -0.05) is 91.0 Å². The van der Waals surface area contributed by atoms with E-state index in [-0.39, 0.29) is 0 Å². The van der Waals surface area contributed by atoms with E-state index in [1.165, 1.54) is 71.9 Å². The van der Waals surface area contributed by atoms with Gasteiger partial charge >= 0.3 is 0 Å². The SMILES string of the molecule is c1ccc(-n2c3ccccc3c3ccc(-c4ccc5c6c(cccc46)-c4ccccc4N5)cc32)cc1. The molecule has 8 rings (SSSR count). The fourth-order valence-electron chi connectivity index (χ4n) is 5.95. The van der Waals surface area contributed by atoms with Gasteiger partial charge in [0, 0.05) is 38.8 Å². The topological polar surface area (TPSA) is 17.0 Å². The Hall–Kier alpha value is -4.82. The fourth-order valence-corrected chi connectivity index (χ4v) is 5.95. The molecule has 1 aliphatic heterocycles. The monoisotopic (exact) mass is 458 g/mol. The highest BCUT2D eigenvalue weighted by molar-refractivity contribution is 6.16. The maximum atomic E-state index is 3.66. The van der Waals surface area contributed by atoms with E-state index in [1.807, 2.05) is 0 Å². The molecule has 0 unspecified atom stereocenters. The van der Waals surface area contributed by atoms with Crippen molar-refractivity contribution in [3.63, 3.8) is 0 Å². The van der Waals surface area contributed by atoms with Gasteiger partial charge in [-0.2, -0.15) is 0 Å². The van der Waals surface area contributed by atoms with Gasteiger partial charge in [0.1, 0.15) is 0 Å². The number of anilines is 2. The molecule has 1 aromatic heterocycles. The van der Waals surface area contributed by atoms with Crippen LogP contribution in [0.3, 0.4) is 0 Å². The summed E-state index contributed by atoms with van der Waals surface area (Å²) in [7, 11) is 0. The summed E-state index contributed by atoms with van der Waals surface area (Å²) in [6.07, 6.45) is 0. The average Bonchev–Trinajstić information content (AvgIpc) is 3.27. The maximum Gasteiger partial charge on any atom is 0.0547 e. The number of nitrogens with one attached hydrogen (secondary N) is 1. The van der Waals surface area contributed by atoms with Crippen molar-refractivity contribution in [2.45, 2.75) is 0 Å². The Kier molecular flexibility index (Phi) is 3.97. The minimum Gasteiger partial charge on any atom is -0.354 e. The Bertz CT molecular complexity index is 1960. The zero-order chi connectivity index (χ0) is 23.6. The largest absolute Gasteiger partial charge is 0.354 e. The molecule has 36 heavy (non-hydrogen) atoms. The quantitative estimate of drug-likeness (QED) is 0.273. The zero-order valence-electron chi connectivity index (χ0n) is 19.6. The summed E-state index contributed by atoms with van der Waals surface area (Å²) in [5.41, 5.74) is 11.0. The van der Waals surface area contributed by atoms with Gasteiger partial charge in [-0.3, -0.25) is 0 Å². The summed E-state index contributed by atoms with van der Waals surface area (Å²) in [6.45, 7) is 0. The van der Waals surface area contributed by atoms with Crippen LogP contribution in [0.5, 0.6) is 0 Å². The first-order valence-electron chi connectivity index (χ1n) is 12.4. The van der Waals surface area contributed by atoms with Gasteiger partial charge in [-0.15, -0.1) is 0 Å². The molecule has 0 amide bonds. The van der Waals surface area contributed by atoms with Crippen LogP contribution in [0.25, 0.3) is 60.5 Å². The Morgan fingerprint density at radius 3 is 2.14 bits per heavy atom. The average molecular weight is 459 g/mol. The second kappa shape index (κ2) is 7.34. The van der Waals surface area contributed by atoms with Crippen LogP contribution in [-0.2, 0) is 0 Å². The molecule has 0 spiro atoms. The minimum absolute atomic E-state index is 1.17. The van der Waals surface area contributed by atoms with Crippen LogP contribution in [0.4, 0.5) is 11.4 Å². The van der Waals surface area contributed by atoms with Crippen molar-refractivity contribution in [2.24, 2.45) is 0 Å². The highest BCUT2D eigenvalue weighted by Gasteiger charge is 2.20. The van der Waals surface area contributed by atoms with E-state index in [9.17, 15) is 0 Å². The molecule has 0 fully saturated rings. The van der Waals surface area contributed by atoms with Gasteiger partial charge in [0.15, 0.2) is 0 Å². The lowest BCUT2D eigenvalue weighted by atomic mass is 9.89. The standard InChI is InChI=1S/C34H22N2/c1-2-9-23(10-3-1)36-32-16-7-5-12-26(32)27-18-17-22(21-33(27)36)24-19-20-31-34-28(24)13-8-14-29(34)25-11-4-6-15-30(25)35-31/h1-21,35H. The van der Waals surface area contributed by atoms with Gasteiger partial charge in [-0.05, 0) is 58.5 Å². The first-order chi connectivity index (χ1) is 17.9. The lowest BCUT2D eigenvalue weighted by Gasteiger charge is -2.23. The van der Waals surface area contributed by atoms with Crippen molar-refractivity contribution < 1.29 is 0 Å². The zero-order valence-corrected chi connectivity index (χ0v) is 19.6. The molecule has 168 valence electrons. The number of para-hydroxylation sites is 3. The molecule has 0 bridgehead atoms. The number of benzene rings is 6. The van der Waals surface area contributed by atoms with Crippen molar-refractivity contribution in [3.8, 4) is 27.9 Å². The van der Waals surface area contributed by atoms with Crippen molar-refractivity contribution in [1.82, 2.24) is 4.57 Å². The van der Waals surface area contributed by atoms with E-state index in [4.69, 9.17) is 0 Å². The number of aromatic nitrogens is 1. The molecular formula is C34H22N2. The first kappa shape index (κ1) is 19.5. The molecule has 1 N–H and O–H groups in total. The van der Waals surface area contributed by atoms with E-state index in [1.54, 1.807) is 0 Å². The Morgan fingerprint density at radius 1 is 0.444 bits per heavy atom. The van der Waals surface area contributed by atoms with Gasteiger partial charge in [0.05, 0.1) is 11.0 Å². The van der Waals surface area contributed by atoms with Gasteiger partial charge < -0.3 is 9.88 Å². The van der Waals surface area contributed by atoms with Crippen molar-refractivity contribution in [3.05, 3.63) is 127 Å². The van der Waals surface area contributed by atoms with Gasteiger partial charge in [0.25, 0.3) is 0 Å². The number of hydrogen-bond acceptors (Lipinski definition) is 1. The summed E-state index contributed by atoms with van der Waals surface area (Å²) < 4.78 is 2.39. The molecule has 6 aromatic carbocycles. The number of fused-ring (bicyclic) bond motifs is 5. The third-order valence-electron chi connectivity index (χ3n) is 7.53. The Labute approximate surface area is 209 Å². The van der Waals surface area contributed by atoms with Crippen LogP contribution in [0, 0.1) is 0 Å². The molecule has 0 aliphatic carbocycles. The Balaban J connectivity index is 1.42. The van der Waals surface area contributed by atoms with E-state index < -0.39 is 0 Å². The minimum atomic E-state index is 1.17. The molecule has 7 aromatic rings. The lowest BCUT2D eigenvalue weighted by molar-refractivity contribution is 1.18. The van der Waals surface area contributed by atoms with Crippen molar-refractivity contribution in [1.29, 1.82) is 0 Å². The summed E-state index contributed by atoms with van der Waals surface area (Å²) in [5.74, 6) is 0. The first-order valence-corrected chi connectivity index (χ1v) is 12.4. The van der Waals surface area contributed by atoms with Crippen LogP contribution >= 0.6 is 0 Å². The van der Waals surface area contributed by atoms with Crippen LogP contribution in [0.2, 0.25) is 0 Å². The fraction of sp³-hybridized carbons (Fsp3) is 0. The number of nitrogens with zero attached hydrogens (tertiary/aromatic N) is 1. The number of rotatable bonds is 2. The highest BCUT2D eigenvalue weighted by Crippen LogP contribution is 2.46. The molecule has 2 nitrogen and oxygen atoms in total. The molecule has 0 atom stereocenters. The van der Waals surface area contributed by atoms with E-state index in [2.05, 4.69) is 137 Å². The van der Waals surface area contributed by atoms with Crippen LogP contribution in [0.15, 0.2) is 127 Å². The molecule has 0 saturated carbocycles. The lowest BCUT2D eigenvalue weighted by Crippen LogP contribution is -2.01. The molecule has 2 heteroatoms. The third-order valence-corrected chi connectivity index (χ3v) is 7.53. The summed E-state index contributed by atoms with van der Waals surface area (Å²) in [5, 5.41) is 8.77. The van der Waals surface area contributed by atoms with E-state index >= 15 is 0 Å². The third kappa shape index (κ3) is 2.67. The maximum absolute atomic E-state index is 3.66. The predicted molar refractivity (Wildman–Crippen MR) is 152 cm³/mol. The normalized spacial score (nSPS) is 12.1. The Morgan fingerprint density at radius 2 is 1.19 bits per heavy atom. The van der Waals surface area contributed by atoms with Crippen molar-refractivity contribution in [2.75, 3.05) is 5.32 Å². The predicted octanol–water partition coefficient (Wildman–Crippen LogP) is 9.33. The molecule has 0 saturated heterocycles. The van der Waals surface area contributed by atoms with E-state index in [0.717, 1.165) is 0 Å². The highest BCUT2D eigenvalue weighted by atomic mass is 15.0. The smallest absolute Gasteiger partial charge is 0.0547 e.